The minimum absolute atomic E-state index is 0. The van der Waals surface area contributed by atoms with Crippen LogP contribution in [0.5, 0.6) is 0 Å². The molecule has 0 aromatic heterocycles. The van der Waals surface area contributed by atoms with E-state index >= 15 is 0 Å². The molecule has 59 heavy (non-hydrogen) atoms. The average Bonchev–Trinajstić information content (AvgIpc) is 3.28. The molecular formula is C54H50N2NiP2+2. The summed E-state index contributed by atoms with van der Waals surface area (Å²) in [6.07, 6.45) is 2.58. The van der Waals surface area contributed by atoms with E-state index in [-0.39, 0.29) is 29.8 Å². The molecule has 2 nitrogen and oxygen atoms in total. The van der Waals surface area contributed by atoms with E-state index in [1.807, 2.05) is 0 Å². The fourth-order valence-corrected chi connectivity index (χ4v) is 13.2. The molecule has 8 rings (SSSR count). The number of aryl methyl sites for hydroxylation is 2. The molecule has 8 aromatic carbocycles. The summed E-state index contributed by atoms with van der Waals surface area (Å²) in [4.78, 5) is 0. The quantitative estimate of drug-likeness (QED) is 0.0740. The van der Waals surface area contributed by atoms with E-state index in [0.717, 1.165) is 0 Å². The zero-order valence-corrected chi connectivity index (χ0v) is 35.6. The zero-order valence-electron chi connectivity index (χ0n) is 32.6. The summed E-state index contributed by atoms with van der Waals surface area (Å²) in [7, 11) is -2.80. The number of hydrogen-bond acceptors (Lipinski definition) is 2. The van der Waals surface area contributed by atoms with Gasteiger partial charge in [-0.25, -0.2) is 0 Å². The number of hydrogen-bond donors (Lipinski definition) is 0. The molecule has 0 heterocycles. The summed E-state index contributed by atoms with van der Waals surface area (Å²) in [5.74, 6) is 0.0329. The van der Waals surface area contributed by atoms with Gasteiger partial charge in [0, 0.05) is 44.3 Å². The van der Waals surface area contributed by atoms with E-state index in [2.05, 4.69) is 238 Å². The van der Waals surface area contributed by atoms with Crippen LogP contribution in [0.2, 0.25) is 0 Å². The molecule has 0 saturated heterocycles. The Balaban J connectivity index is 0.00000163. The van der Waals surface area contributed by atoms with E-state index in [9.17, 15) is 0 Å². The minimum Gasteiger partial charge on any atom is -0.0776 e. The molecule has 0 spiro atoms. The van der Waals surface area contributed by atoms with Gasteiger partial charge >= 0.3 is 0 Å². The van der Waals surface area contributed by atoms with E-state index in [0.29, 0.717) is 0 Å². The molecule has 0 bridgehead atoms. The van der Waals surface area contributed by atoms with Crippen molar-refractivity contribution in [3.63, 3.8) is 0 Å². The van der Waals surface area contributed by atoms with Crippen LogP contribution >= 0.6 is 15.8 Å². The number of benzene rings is 8. The van der Waals surface area contributed by atoms with Gasteiger partial charge in [0.25, 0.3) is 0 Å². The van der Waals surface area contributed by atoms with Crippen LogP contribution in [0.25, 0.3) is 5.57 Å². The largest absolute Gasteiger partial charge is 0.110 e. The molecule has 0 saturated carbocycles. The van der Waals surface area contributed by atoms with Crippen LogP contribution in [0.3, 0.4) is 0 Å². The predicted molar refractivity (Wildman–Crippen MR) is 255 cm³/mol. The van der Waals surface area contributed by atoms with Gasteiger partial charge in [-0.1, -0.05) is 182 Å². The van der Waals surface area contributed by atoms with Crippen molar-refractivity contribution in [3.8, 4) is 0 Å². The molecule has 0 aliphatic rings. The van der Waals surface area contributed by atoms with Gasteiger partial charge in [-0.15, -0.1) is 0 Å². The smallest absolute Gasteiger partial charge is 0.0776 e. The zero-order chi connectivity index (χ0) is 39.4. The summed E-state index contributed by atoms with van der Waals surface area (Å²) in [6.45, 7) is 4.34. The van der Waals surface area contributed by atoms with Gasteiger partial charge in [0.1, 0.15) is 31.8 Å². The predicted octanol–water partition coefficient (Wildman–Crippen LogP) is 11.2. The molecule has 0 amide bonds. The normalized spacial score (nSPS) is 10.5. The van der Waals surface area contributed by atoms with Crippen molar-refractivity contribution in [1.82, 2.24) is 0 Å². The molecule has 0 fully saturated rings. The molecule has 5 heteroatoms. The molecule has 0 radical (unpaired) electrons. The van der Waals surface area contributed by atoms with Crippen molar-refractivity contribution >= 4 is 53.2 Å². The Bertz CT molecular complexity index is 2290. The average molecular weight is 848 g/mol. The second kappa shape index (κ2) is 21.9. The third kappa shape index (κ3) is 10.5. The molecule has 8 aromatic rings. The summed E-state index contributed by atoms with van der Waals surface area (Å²) in [5, 5.41) is 20.3. The monoisotopic (exact) mass is 846 g/mol. The summed E-state index contributed by atoms with van der Waals surface area (Å²) in [6, 6.07) is 81.4. The number of nitrogens with zero attached hydrogens (tertiary/aromatic N) is 2. The fourth-order valence-electron chi connectivity index (χ4n) is 7.67. The third-order valence-corrected chi connectivity index (χ3v) is 16.0. The van der Waals surface area contributed by atoms with E-state index in [1.165, 1.54) is 70.8 Å². The van der Waals surface area contributed by atoms with Crippen molar-refractivity contribution in [1.29, 1.82) is 10.8 Å². The Hall–Kier alpha value is -5.73. The second-order valence-corrected chi connectivity index (χ2v) is 19.1. The van der Waals surface area contributed by atoms with Crippen LogP contribution < -0.4 is 31.8 Å². The Morgan fingerprint density at radius 2 is 0.661 bits per heavy atom. The van der Waals surface area contributed by atoms with Gasteiger partial charge in [-0.05, 0) is 91.2 Å². The van der Waals surface area contributed by atoms with Gasteiger partial charge in [0.2, 0.25) is 0 Å². The Morgan fingerprint density at radius 1 is 0.390 bits per heavy atom. The maximum Gasteiger partial charge on any atom is 0.110 e. The second-order valence-electron chi connectivity index (χ2n) is 14.2. The molecule has 0 aliphatic carbocycles. The summed E-state index contributed by atoms with van der Waals surface area (Å²) < 4.78 is 0. The summed E-state index contributed by atoms with van der Waals surface area (Å²) >= 11 is 0. The molecule has 0 N–H and O–H groups in total. The minimum atomic E-state index is -1.40. The van der Waals surface area contributed by atoms with Crippen molar-refractivity contribution in [2.75, 3.05) is 0 Å². The van der Waals surface area contributed by atoms with Gasteiger partial charge in [-0.2, -0.15) is 0 Å². The van der Waals surface area contributed by atoms with Crippen LogP contribution in [-0.4, -0.2) is 0 Å². The molecule has 0 unspecified atom stereocenters. The van der Waals surface area contributed by atoms with Crippen LogP contribution in [0.15, 0.2) is 224 Å². The van der Waals surface area contributed by atoms with Crippen LogP contribution in [0.1, 0.15) is 46.7 Å². The van der Waals surface area contributed by atoms with E-state index < -0.39 is 15.8 Å². The van der Waals surface area contributed by atoms with Crippen molar-refractivity contribution in [3.05, 3.63) is 258 Å². The first-order chi connectivity index (χ1) is 28.1. The number of rotatable bonds is 11. The molecule has 294 valence electrons. The topological polar surface area (TPSA) is 47.6 Å². The first-order valence-electron chi connectivity index (χ1n) is 19.3. The first-order valence-corrected chi connectivity index (χ1v) is 22.3. The van der Waals surface area contributed by atoms with E-state index in [1.54, 1.807) is 0 Å². The van der Waals surface area contributed by atoms with Crippen LogP contribution in [0.4, 0.5) is 0 Å². The third-order valence-electron chi connectivity index (χ3n) is 10.4. The number of allylic oxidation sites excluding steroid dienone is 1. The maximum absolute atomic E-state index is 6.00. The SMILES string of the molecule is C.Cc1ccc(C(C=C(c2ccccc2[PH+](c2ccccc2)c2ccccc2)c2ccccc2[PH+](c2ccccc2)c2ccccc2)c2ccc(C)cc2)cc1.N#N.[Ni]. The van der Waals surface area contributed by atoms with Crippen molar-refractivity contribution in [2.45, 2.75) is 27.2 Å². The Labute approximate surface area is 363 Å². The van der Waals surface area contributed by atoms with Crippen molar-refractivity contribution in [2.24, 2.45) is 0 Å². The van der Waals surface area contributed by atoms with Crippen LogP contribution in [-0.2, 0) is 16.5 Å². The molecular weight excluding hydrogens is 797 g/mol. The van der Waals surface area contributed by atoms with Gasteiger partial charge in [0.15, 0.2) is 0 Å². The van der Waals surface area contributed by atoms with E-state index in [4.69, 9.17) is 10.8 Å². The van der Waals surface area contributed by atoms with Gasteiger partial charge in [0.05, 0.1) is 15.8 Å². The molecule has 0 aliphatic heterocycles. The Morgan fingerprint density at radius 3 is 0.966 bits per heavy atom. The van der Waals surface area contributed by atoms with Gasteiger partial charge < -0.3 is 0 Å². The molecule has 0 atom stereocenters. The fraction of sp³-hybridized carbons (Fsp3) is 0.0741. The first kappa shape index (κ1) is 44.4. The van der Waals surface area contributed by atoms with Crippen molar-refractivity contribution < 1.29 is 16.5 Å². The maximum atomic E-state index is 6.00. The van der Waals surface area contributed by atoms with Gasteiger partial charge in [-0.3, -0.25) is 0 Å². The summed E-state index contributed by atoms with van der Waals surface area (Å²) in [5.41, 5.74) is 8.97. The Kier molecular flexibility index (Phi) is 16.4. The standard InChI is InChI=1S/C53H44P2.CH4.N2.Ni/c1-40-31-35-42(36-32-40)50(43-37-33-41(2)34-38-43)39-51(48-27-15-17-29-52(48)54(44-19-7-3-8-20-44)45-21-9-4-10-22-45)49-28-16-18-30-53(49)55(46-23-11-5-12-24-46)47-25-13-6-14-26-47;;1-2;/h3-39,50H,1-2H3;1H4;;/p+2. The van der Waals surface area contributed by atoms with Crippen LogP contribution in [0, 0.1) is 24.6 Å².